The van der Waals surface area contributed by atoms with Crippen LogP contribution in [0.3, 0.4) is 0 Å². The van der Waals surface area contributed by atoms with Gasteiger partial charge in [0, 0.05) is 31.6 Å². The maximum Gasteiger partial charge on any atom is 0.313 e. The van der Waals surface area contributed by atoms with Gasteiger partial charge in [0.05, 0.1) is 18.6 Å². The highest BCUT2D eigenvalue weighted by molar-refractivity contribution is 5.78. The number of furan rings is 1. The van der Waals surface area contributed by atoms with Crippen molar-refractivity contribution < 1.29 is 13.9 Å². The van der Waals surface area contributed by atoms with Gasteiger partial charge in [-0.3, -0.25) is 14.6 Å². The molecule has 5 nitrogen and oxygen atoms in total. The average Bonchev–Trinajstić information content (AvgIpc) is 3.08. The fourth-order valence-corrected chi connectivity index (χ4v) is 4.49. The highest BCUT2D eigenvalue weighted by Gasteiger charge is 2.54. The maximum absolute atomic E-state index is 12.9. The third-order valence-corrected chi connectivity index (χ3v) is 5.89. The van der Waals surface area contributed by atoms with Crippen LogP contribution in [-0.2, 0) is 16.1 Å². The van der Waals surface area contributed by atoms with E-state index < -0.39 is 0 Å². The first-order chi connectivity index (χ1) is 11.9. The molecule has 0 amide bonds. The Bertz CT molecular complexity index is 598. The van der Waals surface area contributed by atoms with Crippen molar-refractivity contribution in [3.8, 4) is 0 Å². The molecular weight excluding hydrogens is 316 g/mol. The molecule has 25 heavy (non-hydrogen) atoms. The van der Waals surface area contributed by atoms with Gasteiger partial charge in [0.1, 0.15) is 11.5 Å². The summed E-state index contributed by atoms with van der Waals surface area (Å²) in [6.07, 6.45) is 1.95. The summed E-state index contributed by atoms with van der Waals surface area (Å²) in [6.45, 7) is 13.4. The van der Waals surface area contributed by atoms with Gasteiger partial charge in [-0.15, -0.1) is 0 Å². The first-order valence-electron chi connectivity index (χ1n) is 9.63. The molecule has 0 unspecified atom stereocenters. The van der Waals surface area contributed by atoms with E-state index in [1.807, 2.05) is 19.9 Å². The Hall–Kier alpha value is -1.33. The lowest BCUT2D eigenvalue weighted by atomic mass is 9.75. The zero-order chi connectivity index (χ0) is 18.0. The van der Waals surface area contributed by atoms with E-state index >= 15 is 0 Å². The number of likely N-dealkylation sites (tertiary alicyclic amines) is 2. The molecule has 1 aromatic heterocycles. The fraction of sp³-hybridized carbons (Fsp3) is 0.750. The lowest BCUT2D eigenvalue weighted by molar-refractivity contribution is -0.157. The Balaban J connectivity index is 1.78. The minimum atomic E-state index is -0.339. The second-order valence-electron chi connectivity index (χ2n) is 7.95. The van der Waals surface area contributed by atoms with Crippen LogP contribution < -0.4 is 0 Å². The second kappa shape index (κ2) is 7.50. The van der Waals surface area contributed by atoms with Crippen LogP contribution in [0.4, 0.5) is 0 Å². The van der Waals surface area contributed by atoms with Crippen LogP contribution in [0.1, 0.15) is 45.1 Å². The van der Waals surface area contributed by atoms with Crippen molar-refractivity contribution in [2.45, 2.75) is 53.1 Å². The first kappa shape index (κ1) is 18.5. The third-order valence-electron chi connectivity index (χ3n) is 5.89. The van der Waals surface area contributed by atoms with Gasteiger partial charge in [0.15, 0.2) is 0 Å². The van der Waals surface area contributed by atoms with Crippen LogP contribution in [-0.4, -0.2) is 54.6 Å². The molecule has 1 aromatic rings. The Kier molecular flexibility index (Phi) is 5.54. The van der Waals surface area contributed by atoms with E-state index in [1.165, 1.54) is 0 Å². The van der Waals surface area contributed by atoms with Crippen molar-refractivity contribution in [2.24, 2.45) is 11.3 Å². The summed E-state index contributed by atoms with van der Waals surface area (Å²) in [6, 6.07) is 4.54. The molecular formula is C20H32N2O3. The van der Waals surface area contributed by atoms with E-state index in [0.717, 1.165) is 57.1 Å². The van der Waals surface area contributed by atoms with E-state index in [1.54, 1.807) is 0 Å². The number of esters is 1. The number of rotatable bonds is 5. The minimum Gasteiger partial charge on any atom is -0.466 e. The smallest absolute Gasteiger partial charge is 0.313 e. The number of carbonyl (C=O) groups excluding carboxylic acids is 1. The monoisotopic (exact) mass is 348 g/mol. The van der Waals surface area contributed by atoms with Crippen LogP contribution in [0.5, 0.6) is 0 Å². The number of ether oxygens (including phenoxy) is 1. The zero-order valence-electron chi connectivity index (χ0n) is 16.1. The molecule has 0 N–H and O–H groups in total. The molecule has 2 saturated heterocycles. The number of hydrogen-bond acceptors (Lipinski definition) is 5. The third kappa shape index (κ3) is 3.77. The van der Waals surface area contributed by atoms with Gasteiger partial charge < -0.3 is 9.15 Å². The molecule has 2 aliphatic heterocycles. The predicted molar refractivity (Wildman–Crippen MR) is 97.2 cm³/mol. The number of hydrogen-bond donors (Lipinski definition) is 0. The predicted octanol–water partition coefficient (Wildman–Crippen LogP) is 3.07. The van der Waals surface area contributed by atoms with E-state index in [0.29, 0.717) is 18.6 Å². The van der Waals surface area contributed by atoms with Crippen molar-refractivity contribution in [1.29, 1.82) is 0 Å². The summed E-state index contributed by atoms with van der Waals surface area (Å²) in [5.41, 5.74) is -0.339. The van der Waals surface area contributed by atoms with Gasteiger partial charge in [-0.05, 0) is 59.2 Å². The molecule has 3 heterocycles. The van der Waals surface area contributed by atoms with Crippen molar-refractivity contribution >= 4 is 5.97 Å². The van der Waals surface area contributed by atoms with Crippen LogP contribution in [0.2, 0.25) is 0 Å². The number of fused-ring (bicyclic) bond motifs is 1. The molecule has 0 bridgehead atoms. The number of carbonyl (C=O) groups is 1. The average molecular weight is 348 g/mol. The molecule has 2 atom stereocenters. The molecule has 2 fully saturated rings. The number of nitrogens with zero attached hydrogens (tertiary/aromatic N) is 2. The Morgan fingerprint density at radius 3 is 2.84 bits per heavy atom. The molecule has 0 spiro atoms. The quantitative estimate of drug-likeness (QED) is 0.765. The van der Waals surface area contributed by atoms with Crippen LogP contribution >= 0.6 is 0 Å². The molecule has 3 rings (SSSR count). The lowest BCUT2D eigenvalue weighted by Gasteiger charge is -2.31. The maximum atomic E-state index is 12.9. The Morgan fingerprint density at radius 2 is 2.20 bits per heavy atom. The molecule has 0 aliphatic carbocycles. The molecule has 140 valence electrons. The minimum absolute atomic E-state index is 0.0128. The van der Waals surface area contributed by atoms with Gasteiger partial charge in [-0.2, -0.15) is 0 Å². The van der Waals surface area contributed by atoms with Crippen LogP contribution in [0, 0.1) is 18.3 Å². The van der Waals surface area contributed by atoms with Gasteiger partial charge in [-0.25, -0.2) is 0 Å². The molecule has 2 aliphatic rings. The summed E-state index contributed by atoms with van der Waals surface area (Å²) in [5.74, 6) is 2.31. The van der Waals surface area contributed by atoms with E-state index in [4.69, 9.17) is 9.15 Å². The fourth-order valence-electron chi connectivity index (χ4n) is 4.49. The van der Waals surface area contributed by atoms with E-state index in [9.17, 15) is 4.79 Å². The van der Waals surface area contributed by atoms with Crippen molar-refractivity contribution in [1.82, 2.24) is 9.80 Å². The summed E-state index contributed by atoms with van der Waals surface area (Å²) < 4.78 is 11.3. The van der Waals surface area contributed by atoms with Crippen molar-refractivity contribution in [2.75, 3.05) is 32.8 Å². The topological polar surface area (TPSA) is 45.9 Å². The van der Waals surface area contributed by atoms with Gasteiger partial charge in [0.25, 0.3) is 0 Å². The molecule has 0 radical (unpaired) electrons. The highest BCUT2D eigenvalue weighted by Crippen LogP contribution is 2.44. The number of aryl methyl sites for hydroxylation is 1. The van der Waals surface area contributed by atoms with E-state index in [2.05, 4.69) is 29.7 Å². The SMILES string of the molecule is CCOC(=O)[C@]12CCCN(Cc3ccc(C)o3)C[C@H]1CN(C(C)C)C2. The van der Waals surface area contributed by atoms with Crippen LogP contribution in [0.15, 0.2) is 16.5 Å². The summed E-state index contributed by atoms with van der Waals surface area (Å²) >= 11 is 0. The summed E-state index contributed by atoms with van der Waals surface area (Å²) in [5, 5.41) is 0. The summed E-state index contributed by atoms with van der Waals surface area (Å²) in [7, 11) is 0. The van der Waals surface area contributed by atoms with Gasteiger partial charge in [0.2, 0.25) is 0 Å². The van der Waals surface area contributed by atoms with Crippen molar-refractivity contribution in [3.05, 3.63) is 23.7 Å². The standard InChI is InChI=1S/C20H32N2O3/c1-5-24-19(23)20-9-6-10-21(13-18-8-7-16(4)25-18)11-17(20)12-22(14-20)15(2)3/h7-8,15,17H,5-6,9-14H2,1-4H3/t17-,20-/m0/s1. The Labute approximate surface area is 151 Å². The van der Waals surface area contributed by atoms with Gasteiger partial charge in [-0.1, -0.05) is 0 Å². The molecule has 5 heteroatoms. The molecule has 0 aromatic carbocycles. The normalized spacial score (nSPS) is 28.1. The van der Waals surface area contributed by atoms with Gasteiger partial charge >= 0.3 is 5.97 Å². The van der Waals surface area contributed by atoms with Crippen LogP contribution in [0.25, 0.3) is 0 Å². The molecule has 0 saturated carbocycles. The first-order valence-corrected chi connectivity index (χ1v) is 9.63. The largest absolute Gasteiger partial charge is 0.466 e. The van der Waals surface area contributed by atoms with Crippen molar-refractivity contribution in [3.63, 3.8) is 0 Å². The zero-order valence-corrected chi connectivity index (χ0v) is 16.1. The van der Waals surface area contributed by atoms with E-state index in [-0.39, 0.29) is 11.4 Å². The Morgan fingerprint density at radius 1 is 1.40 bits per heavy atom. The second-order valence-corrected chi connectivity index (χ2v) is 7.95. The lowest BCUT2D eigenvalue weighted by Crippen LogP contribution is -2.42. The highest BCUT2D eigenvalue weighted by atomic mass is 16.5. The summed E-state index contributed by atoms with van der Waals surface area (Å²) in [4.78, 5) is 17.8.